The number of nitrogens with zero attached hydrogens (tertiary/aromatic N) is 2. The van der Waals surface area contributed by atoms with Gasteiger partial charge in [-0.1, -0.05) is 34.6 Å². The second kappa shape index (κ2) is 8.04. The highest BCUT2D eigenvalue weighted by molar-refractivity contribution is 5.79. The standard InChI is InChI=1S/C19H34N4O/c1-13(2)14-7-9-15(10-8-14)23-18(20-6)22-12-17-21-11-16(24-17)19(3,4)5/h11,13-15H,7-10,12H2,1-6H3,(H2,20,22,23). The van der Waals surface area contributed by atoms with E-state index in [1.807, 2.05) is 13.2 Å². The Labute approximate surface area is 146 Å². The molecule has 0 unspecified atom stereocenters. The monoisotopic (exact) mass is 334 g/mol. The van der Waals surface area contributed by atoms with Crippen LogP contribution in [0.5, 0.6) is 0 Å². The molecule has 1 aromatic rings. The van der Waals surface area contributed by atoms with Crippen LogP contribution < -0.4 is 10.6 Å². The Kier molecular flexibility index (Phi) is 6.30. The lowest BCUT2D eigenvalue weighted by molar-refractivity contribution is 0.250. The maximum absolute atomic E-state index is 5.82. The number of aliphatic imine (C=N–C) groups is 1. The van der Waals surface area contributed by atoms with Crippen molar-refractivity contribution in [3.63, 3.8) is 0 Å². The lowest BCUT2D eigenvalue weighted by Gasteiger charge is -2.32. The summed E-state index contributed by atoms with van der Waals surface area (Å²) in [6, 6.07) is 0.515. The number of oxazole rings is 1. The molecule has 0 amide bonds. The Morgan fingerprint density at radius 2 is 1.96 bits per heavy atom. The van der Waals surface area contributed by atoms with Crippen molar-refractivity contribution in [3.8, 4) is 0 Å². The Morgan fingerprint density at radius 3 is 2.46 bits per heavy atom. The molecule has 5 heteroatoms. The first-order chi connectivity index (χ1) is 11.3. The topological polar surface area (TPSA) is 62.5 Å². The molecule has 0 bridgehead atoms. The summed E-state index contributed by atoms with van der Waals surface area (Å²) in [4.78, 5) is 8.68. The van der Waals surface area contributed by atoms with Crippen molar-refractivity contribution in [1.82, 2.24) is 15.6 Å². The molecule has 1 heterocycles. The molecule has 1 fully saturated rings. The van der Waals surface area contributed by atoms with E-state index in [-0.39, 0.29) is 5.41 Å². The van der Waals surface area contributed by atoms with Gasteiger partial charge in [0, 0.05) is 18.5 Å². The third-order valence-corrected chi connectivity index (χ3v) is 4.98. The maximum atomic E-state index is 5.82. The summed E-state index contributed by atoms with van der Waals surface area (Å²) in [5.74, 6) is 4.12. The summed E-state index contributed by atoms with van der Waals surface area (Å²) >= 11 is 0. The molecule has 5 nitrogen and oxygen atoms in total. The van der Waals surface area contributed by atoms with Gasteiger partial charge >= 0.3 is 0 Å². The zero-order valence-electron chi connectivity index (χ0n) is 16.1. The van der Waals surface area contributed by atoms with Crippen molar-refractivity contribution in [1.29, 1.82) is 0 Å². The van der Waals surface area contributed by atoms with Crippen LogP contribution in [0.1, 0.15) is 72.0 Å². The summed E-state index contributed by atoms with van der Waals surface area (Å²) in [7, 11) is 1.81. The fraction of sp³-hybridized carbons (Fsp3) is 0.789. The molecule has 136 valence electrons. The van der Waals surface area contributed by atoms with Gasteiger partial charge in [-0.15, -0.1) is 0 Å². The minimum absolute atomic E-state index is 0.0137. The van der Waals surface area contributed by atoms with Gasteiger partial charge in [0.1, 0.15) is 5.76 Å². The molecule has 1 aliphatic carbocycles. The lowest BCUT2D eigenvalue weighted by atomic mass is 9.80. The number of guanidine groups is 1. The Balaban J connectivity index is 1.80. The van der Waals surface area contributed by atoms with Gasteiger partial charge in [-0.25, -0.2) is 4.98 Å². The van der Waals surface area contributed by atoms with Crippen LogP contribution in [0.3, 0.4) is 0 Å². The highest BCUT2D eigenvalue weighted by atomic mass is 16.4. The second-order valence-corrected chi connectivity index (χ2v) is 8.29. The average molecular weight is 335 g/mol. The fourth-order valence-electron chi connectivity index (χ4n) is 3.22. The van der Waals surface area contributed by atoms with Crippen LogP contribution in [0.2, 0.25) is 0 Å². The molecule has 0 aliphatic heterocycles. The largest absolute Gasteiger partial charge is 0.443 e. The lowest BCUT2D eigenvalue weighted by Crippen LogP contribution is -2.44. The highest BCUT2D eigenvalue weighted by Crippen LogP contribution is 2.29. The van der Waals surface area contributed by atoms with Crippen molar-refractivity contribution in [2.75, 3.05) is 7.05 Å². The number of nitrogens with one attached hydrogen (secondary N) is 2. The molecule has 2 N–H and O–H groups in total. The van der Waals surface area contributed by atoms with Crippen LogP contribution in [0.25, 0.3) is 0 Å². The van der Waals surface area contributed by atoms with Crippen LogP contribution in [0.15, 0.2) is 15.6 Å². The smallest absolute Gasteiger partial charge is 0.213 e. The molecule has 1 aliphatic rings. The first kappa shape index (κ1) is 18.8. The predicted molar refractivity (Wildman–Crippen MR) is 99.1 cm³/mol. The molecule has 0 spiro atoms. The Morgan fingerprint density at radius 1 is 1.29 bits per heavy atom. The Hall–Kier alpha value is -1.52. The van der Waals surface area contributed by atoms with Gasteiger partial charge in [-0.2, -0.15) is 0 Å². The van der Waals surface area contributed by atoms with E-state index < -0.39 is 0 Å². The van der Waals surface area contributed by atoms with E-state index in [2.05, 4.69) is 55.2 Å². The highest BCUT2D eigenvalue weighted by Gasteiger charge is 2.24. The molecule has 2 rings (SSSR count). The van der Waals surface area contributed by atoms with E-state index in [1.165, 1.54) is 25.7 Å². The van der Waals surface area contributed by atoms with Crippen LogP contribution in [0.4, 0.5) is 0 Å². The molecule has 24 heavy (non-hydrogen) atoms. The van der Waals surface area contributed by atoms with Crippen molar-refractivity contribution >= 4 is 5.96 Å². The minimum Gasteiger partial charge on any atom is -0.443 e. The molecule has 0 radical (unpaired) electrons. The quantitative estimate of drug-likeness (QED) is 0.648. The van der Waals surface area contributed by atoms with Crippen LogP contribution >= 0.6 is 0 Å². The molecular formula is C19H34N4O. The first-order valence-electron chi connectivity index (χ1n) is 9.22. The normalized spacial score (nSPS) is 22.7. The summed E-state index contributed by atoms with van der Waals surface area (Å²) in [6.45, 7) is 11.6. The van der Waals surface area contributed by atoms with Crippen LogP contribution in [0, 0.1) is 11.8 Å². The van der Waals surface area contributed by atoms with Crippen molar-refractivity contribution in [2.45, 2.75) is 78.3 Å². The predicted octanol–water partition coefficient (Wildman–Crippen LogP) is 3.85. The van der Waals surface area contributed by atoms with Gasteiger partial charge in [0.2, 0.25) is 5.89 Å². The van der Waals surface area contributed by atoms with E-state index in [0.29, 0.717) is 18.5 Å². The SMILES string of the molecule is CN=C(NCc1ncc(C(C)(C)C)o1)NC1CCC(C(C)C)CC1. The van der Waals surface area contributed by atoms with Crippen molar-refractivity contribution in [2.24, 2.45) is 16.8 Å². The van der Waals surface area contributed by atoms with E-state index in [1.54, 1.807) is 0 Å². The second-order valence-electron chi connectivity index (χ2n) is 8.29. The molecule has 1 saturated carbocycles. The molecule has 0 aromatic carbocycles. The molecule has 0 saturated heterocycles. The van der Waals surface area contributed by atoms with Crippen LogP contribution in [-0.2, 0) is 12.0 Å². The van der Waals surface area contributed by atoms with Gasteiger partial charge in [0.15, 0.2) is 5.96 Å². The fourth-order valence-corrected chi connectivity index (χ4v) is 3.22. The summed E-state index contributed by atoms with van der Waals surface area (Å²) in [6.07, 6.45) is 6.87. The third kappa shape index (κ3) is 5.25. The van der Waals surface area contributed by atoms with Gasteiger partial charge < -0.3 is 15.1 Å². The zero-order valence-corrected chi connectivity index (χ0v) is 16.1. The number of rotatable bonds is 4. The van der Waals surface area contributed by atoms with E-state index in [0.717, 1.165) is 23.6 Å². The average Bonchev–Trinajstić information content (AvgIpc) is 3.01. The number of hydrogen-bond acceptors (Lipinski definition) is 3. The molecule has 1 aromatic heterocycles. The van der Waals surface area contributed by atoms with Gasteiger partial charge in [0.05, 0.1) is 12.7 Å². The number of aromatic nitrogens is 1. The van der Waals surface area contributed by atoms with Gasteiger partial charge in [-0.3, -0.25) is 4.99 Å². The van der Waals surface area contributed by atoms with Crippen molar-refractivity contribution < 1.29 is 4.42 Å². The minimum atomic E-state index is -0.0137. The first-order valence-corrected chi connectivity index (χ1v) is 9.22. The molecular weight excluding hydrogens is 300 g/mol. The summed E-state index contributed by atoms with van der Waals surface area (Å²) in [5.41, 5.74) is -0.0137. The van der Waals surface area contributed by atoms with E-state index >= 15 is 0 Å². The van der Waals surface area contributed by atoms with Crippen LogP contribution in [-0.4, -0.2) is 24.0 Å². The Bertz CT molecular complexity index is 534. The summed E-state index contributed by atoms with van der Waals surface area (Å²) < 4.78 is 5.82. The van der Waals surface area contributed by atoms with E-state index in [9.17, 15) is 0 Å². The van der Waals surface area contributed by atoms with Gasteiger partial charge in [0.25, 0.3) is 0 Å². The number of hydrogen-bond donors (Lipinski definition) is 2. The molecule has 0 atom stereocenters. The zero-order chi connectivity index (χ0) is 17.7. The van der Waals surface area contributed by atoms with Gasteiger partial charge in [-0.05, 0) is 37.5 Å². The van der Waals surface area contributed by atoms with E-state index in [4.69, 9.17) is 4.42 Å². The summed E-state index contributed by atoms with van der Waals surface area (Å²) in [5, 5.41) is 6.86. The van der Waals surface area contributed by atoms with Crippen molar-refractivity contribution in [3.05, 3.63) is 17.8 Å². The third-order valence-electron chi connectivity index (χ3n) is 4.98. The maximum Gasteiger partial charge on any atom is 0.213 e.